The number of aliphatic carboxylic acids is 1. The fourth-order valence-electron chi connectivity index (χ4n) is 1.52. The molecule has 1 unspecified atom stereocenters. The maximum atomic E-state index is 13.3. The van der Waals surface area contributed by atoms with Crippen LogP contribution in [0.15, 0.2) is 18.2 Å². The Morgan fingerprint density at radius 1 is 1.62 bits per heavy atom. The number of aromatic nitrogens is 2. The number of halogens is 1. The number of nitrogens with two attached hydrogens (primary N) is 1. The van der Waals surface area contributed by atoms with Crippen molar-refractivity contribution in [3.05, 3.63) is 29.7 Å². The molecular formula is C10H10FN3O2. The number of fused-ring (bicyclic) bond motifs is 1. The highest BCUT2D eigenvalue weighted by molar-refractivity contribution is 5.83. The number of hydrogen-bond acceptors (Lipinski definition) is 3. The number of H-pyrrole nitrogens is 1. The van der Waals surface area contributed by atoms with E-state index in [0.717, 1.165) is 0 Å². The van der Waals surface area contributed by atoms with E-state index in [9.17, 15) is 9.18 Å². The Morgan fingerprint density at radius 3 is 3.06 bits per heavy atom. The molecule has 4 N–H and O–H groups in total. The third-order valence-corrected chi connectivity index (χ3v) is 2.36. The number of carboxylic acid groups (broad SMARTS) is 1. The monoisotopic (exact) mass is 223 g/mol. The molecule has 0 aliphatic rings. The number of para-hydroxylation sites is 1. The normalized spacial score (nSPS) is 12.9. The Balaban J connectivity index is 2.39. The molecule has 1 aromatic heterocycles. The van der Waals surface area contributed by atoms with Gasteiger partial charge in [-0.25, -0.2) is 4.39 Å². The first-order valence-electron chi connectivity index (χ1n) is 4.69. The Morgan fingerprint density at radius 2 is 2.38 bits per heavy atom. The van der Waals surface area contributed by atoms with Crippen molar-refractivity contribution in [2.24, 2.45) is 5.73 Å². The van der Waals surface area contributed by atoms with E-state index >= 15 is 0 Å². The lowest BCUT2D eigenvalue weighted by atomic mass is 10.1. The van der Waals surface area contributed by atoms with Gasteiger partial charge in [-0.15, -0.1) is 0 Å². The Bertz CT molecular complexity index is 538. The molecule has 1 atom stereocenters. The van der Waals surface area contributed by atoms with E-state index in [2.05, 4.69) is 10.2 Å². The summed E-state index contributed by atoms with van der Waals surface area (Å²) in [4.78, 5) is 10.6. The van der Waals surface area contributed by atoms with Crippen molar-refractivity contribution in [1.29, 1.82) is 0 Å². The molecule has 6 heteroatoms. The van der Waals surface area contributed by atoms with Crippen LogP contribution < -0.4 is 5.73 Å². The molecule has 0 bridgehead atoms. The van der Waals surface area contributed by atoms with Crippen LogP contribution >= 0.6 is 0 Å². The molecule has 0 aliphatic heterocycles. The highest BCUT2D eigenvalue weighted by Crippen LogP contribution is 2.19. The third-order valence-electron chi connectivity index (χ3n) is 2.36. The summed E-state index contributed by atoms with van der Waals surface area (Å²) in [5.74, 6) is -1.54. The number of carbonyl (C=O) groups is 1. The van der Waals surface area contributed by atoms with Crippen LogP contribution in [-0.2, 0) is 11.2 Å². The number of aromatic amines is 1. The zero-order valence-corrected chi connectivity index (χ0v) is 8.27. The number of carboxylic acids is 1. The van der Waals surface area contributed by atoms with Gasteiger partial charge in [0.2, 0.25) is 0 Å². The van der Waals surface area contributed by atoms with Gasteiger partial charge < -0.3 is 10.8 Å². The molecule has 5 nitrogen and oxygen atoms in total. The van der Waals surface area contributed by atoms with Crippen LogP contribution in [-0.4, -0.2) is 27.3 Å². The summed E-state index contributed by atoms with van der Waals surface area (Å²) in [5.41, 5.74) is 6.13. The zero-order chi connectivity index (χ0) is 11.7. The first-order chi connectivity index (χ1) is 7.59. The predicted molar refractivity (Wildman–Crippen MR) is 55.4 cm³/mol. The van der Waals surface area contributed by atoms with Crippen molar-refractivity contribution in [1.82, 2.24) is 10.2 Å². The Labute approximate surface area is 90.1 Å². The molecule has 2 aromatic rings. The molecule has 0 amide bonds. The van der Waals surface area contributed by atoms with Gasteiger partial charge in [0.05, 0.1) is 0 Å². The van der Waals surface area contributed by atoms with E-state index in [-0.39, 0.29) is 11.9 Å². The van der Waals surface area contributed by atoms with Crippen LogP contribution in [0.25, 0.3) is 10.9 Å². The molecular weight excluding hydrogens is 213 g/mol. The minimum Gasteiger partial charge on any atom is -0.480 e. The molecule has 0 aliphatic carbocycles. The molecule has 2 rings (SSSR count). The predicted octanol–water partition coefficient (Wildman–Crippen LogP) is 0.656. The second-order valence-electron chi connectivity index (χ2n) is 3.49. The topological polar surface area (TPSA) is 92.0 Å². The van der Waals surface area contributed by atoms with Gasteiger partial charge >= 0.3 is 5.97 Å². The van der Waals surface area contributed by atoms with E-state index in [1.165, 1.54) is 6.07 Å². The standard InChI is InChI=1S/C10H10FN3O2/c11-6-3-1-2-5-8(13-14-9(5)6)4-7(12)10(15)16/h1-3,7H,4,12H2,(H,13,14)(H,15,16). The number of rotatable bonds is 3. The largest absolute Gasteiger partial charge is 0.480 e. The van der Waals surface area contributed by atoms with Gasteiger partial charge in [0.1, 0.15) is 11.6 Å². The quantitative estimate of drug-likeness (QED) is 0.712. The first kappa shape index (κ1) is 10.6. The summed E-state index contributed by atoms with van der Waals surface area (Å²) < 4.78 is 13.3. The van der Waals surface area contributed by atoms with Crippen LogP contribution in [0.1, 0.15) is 5.69 Å². The maximum Gasteiger partial charge on any atom is 0.320 e. The fraction of sp³-hybridized carbons (Fsp3) is 0.200. The minimum atomic E-state index is -1.10. The van der Waals surface area contributed by atoms with Gasteiger partial charge in [-0.05, 0) is 6.07 Å². The number of hydrogen-bond donors (Lipinski definition) is 3. The van der Waals surface area contributed by atoms with E-state index in [1.807, 2.05) is 0 Å². The lowest BCUT2D eigenvalue weighted by molar-refractivity contribution is -0.138. The lowest BCUT2D eigenvalue weighted by Crippen LogP contribution is -2.32. The third kappa shape index (κ3) is 1.74. The number of nitrogens with one attached hydrogen (secondary N) is 1. The van der Waals surface area contributed by atoms with Gasteiger partial charge in [0.25, 0.3) is 0 Å². The van der Waals surface area contributed by atoms with E-state index in [1.54, 1.807) is 12.1 Å². The summed E-state index contributed by atoms with van der Waals surface area (Å²) in [5, 5.41) is 15.6. The summed E-state index contributed by atoms with van der Waals surface area (Å²) >= 11 is 0. The van der Waals surface area contributed by atoms with Gasteiger partial charge in [-0.3, -0.25) is 9.89 Å². The van der Waals surface area contributed by atoms with Crippen LogP contribution in [0.4, 0.5) is 4.39 Å². The summed E-state index contributed by atoms with van der Waals surface area (Å²) in [7, 11) is 0. The van der Waals surface area contributed by atoms with Gasteiger partial charge in [-0.1, -0.05) is 12.1 Å². The second kappa shape index (κ2) is 3.90. The van der Waals surface area contributed by atoms with Crippen molar-refractivity contribution >= 4 is 16.9 Å². The zero-order valence-electron chi connectivity index (χ0n) is 8.27. The number of benzene rings is 1. The molecule has 0 radical (unpaired) electrons. The smallest absolute Gasteiger partial charge is 0.320 e. The molecule has 0 fully saturated rings. The maximum absolute atomic E-state index is 13.3. The lowest BCUT2D eigenvalue weighted by Gasteiger charge is -2.03. The van der Waals surface area contributed by atoms with Crippen molar-refractivity contribution in [2.75, 3.05) is 0 Å². The van der Waals surface area contributed by atoms with Crippen LogP contribution in [0.5, 0.6) is 0 Å². The Hall–Kier alpha value is -1.95. The molecule has 1 aromatic carbocycles. The van der Waals surface area contributed by atoms with Gasteiger partial charge in [0, 0.05) is 17.5 Å². The van der Waals surface area contributed by atoms with Crippen LogP contribution in [0, 0.1) is 5.82 Å². The SMILES string of the molecule is NC(Cc1[nH]nc2c(F)cccc12)C(=O)O. The summed E-state index contributed by atoms with van der Waals surface area (Å²) in [6.07, 6.45) is 0.0925. The van der Waals surface area contributed by atoms with Crippen molar-refractivity contribution in [3.63, 3.8) is 0 Å². The molecule has 0 saturated carbocycles. The molecule has 1 heterocycles. The van der Waals surface area contributed by atoms with Gasteiger partial charge in [-0.2, -0.15) is 5.10 Å². The first-order valence-corrected chi connectivity index (χ1v) is 4.69. The second-order valence-corrected chi connectivity index (χ2v) is 3.49. The molecule has 84 valence electrons. The highest BCUT2D eigenvalue weighted by atomic mass is 19.1. The van der Waals surface area contributed by atoms with Crippen molar-refractivity contribution in [2.45, 2.75) is 12.5 Å². The van der Waals surface area contributed by atoms with Crippen LogP contribution in [0.3, 0.4) is 0 Å². The Kier molecular flexibility index (Phi) is 2.57. The van der Waals surface area contributed by atoms with Gasteiger partial charge in [0.15, 0.2) is 5.82 Å². The van der Waals surface area contributed by atoms with E-state index < -0.39 is 17.8 Å². The van der Waals surface area contributed by atoms with Crippen LogP contribution in [0.2, 0.25) is 0 Å². The van der Waals surface area contributed by atoms with E-state index in [4.69, 9.17) is 10.8 Å². The highest BCUT2D eigenvalue weighted by Gasteiger charge is 2.16. The average Bonchev–Trinajstić information content (AvgIpc) is 2.63. The van der Waals surface area contributed by atoms with Crippen molar-refractivity contribution in [3.8, 4) is 0 Å². The molecule has 16 heavy (non-hydrogen) atoms. The summed E-state index contributed by atoms with van der Waals surface area (Å²) in [6, 6.07) is 3.49. The fourth-order valence-corrected chi connectivity index (χ4v) is 1.52. The minimum absolute atomic E-state index is 0.0925. The number of nitrogens with zero attached hydrogens (tertiary/aromatic N) is 1. The average molecular weight is 223 g/mol. The van der Waals surface area contributed by atoms with Crippen molar-refractivity contribution < 1.29 is 14.3 Å². The summed E-state index contributed by atoms with van der Waals surface area (Å²) in [6.45, 7) is 0. The molecule has 0 saturated heterocycles. The van der Waals surface area contributed by atoms with E-state index in [0.29, 0.717) is 11.1 Å². The molecule has 0 spiro atoms.